The van der Waals surface area contributed by atoms with Crippen LogP contribution in [0.25, 0.3) is 0 Å². The van der Waals surface area contributed by atoms with E-state index in [1.54, 1.807) is 0 Å². The lowest BCUT2D eigenvalue weighted by Crippen LogP contribution is -2.57. The molecule has 28 heavy (non-hydrogen) atoms. The lowest BCUT2D eigenvalue weighted by atomic mass is 9.86. The number of carboxylic acids is 1. The van der Waals surface area contributed by atoms with Crippen LogP contribution < -0.4 is 5.32 Å². The first-order valence-electron chi connectivity index (χ1n) is 10.2. The van der Waals surface area contributed by atoms with Gasteiger partial charge < -0.3 is 20.2 Å². The highest BCUT2D eigenvalue weighted by Gasteiger charge is 2.36. The molecule has 2 heterocycles. The number of amides is 2. The van der Waals surface area contributed by atoms with Gasteiger partial charge in [0.2, 0.25) is 0 Å². The van der Waals surface area contributed by atoms with Crippen LogP contribution in [-0.4, -0.2) is 84.2 Å². The maximum Gasteiger partial charge on any atom is 0.321 e. The van der Waals surface area contributed by atoms with Crippen molar-refractivity contribution in [3.63, 3.8) is 0 Å². The van der Waals surface area contributed by atoms with E-state index < -0.39 is 5.97 Å². The van der Waals surface area contributed by atoms with Crippen LogP contribution >= 0.6 is 0 Å². The Balaban J connectivity index is 1.65. The Hall–Kier alpha value is -2.12. The van der Waals surface area contributed by atoms with Crippen molar-refractivity contribution in [3.8, 4) is 0 Å². The van der Waals surface area contributed by atoms with Crippen LogP contribution in [0.1, 0.15) is 24.8 Å². The van der Waals surface area contributed by atoms with Crippen molar-refractivity contribution in [3.05, 3.63) is 29.8 Å². The van der Waals surface area contributed by atoms with E-state index in [2.05, 4.69) is 22.2 Å². The fourth-order valence-corrected chi connectivity index (χ4v) is 4.34. The van der Waals surface area contributed by atoms with Gasteiger partial charge in [-0.15, -0.1) is 0 Å². The second-order valence-electron chi connectivity index (χ2n) is 8.08. The molecule has 1 aromatic carbocycles. The van der Waals surface area contributed by atoms with Gasteiger partial charge in [0.15, 0.2) is 0 Å². The quantitative estimate of drug-likeness (QED) is 0.810. The lowest BCUT2D eigenvalue weighted by molar-refractivity contribution is -0.137. The summed E-state index contributed by atoms with van der Waals surface area (Å²) in [5, 5.41) is 12.2. The smallest absolute Gasteiger partial charge is 0.321 e. The Morgan fingerprint density at radius 2 is 1.86 bits per heavy atom. The highest BCUT2D eigenvalue weighted by molar-refractivity contribution is 5.90. The van der Waals surface area contributed by atoms with Crippen LogP contribution in [0.3, 0.4) is 0 Å². The fraction of sp³-hybridized carbons (Fsp3) is 0.619. The number of anilines is 1. The van der Waals surface area contributed by atoms with E-state index in [0.717, 1.165) is 43.9 Å². The van der Waals surface area contributed by atoms with Crippen molar-refractivity contribution in [1.82, 2.24) is 14.7 Å². The Morgan fingerprint density at radius 3 is 2.54 bits per heavy atom. The summed E-state index contributed by atoms with van der Waals surface area (Å²) in [5.74, 6) is -0.575. The molecule has 0 unspecified atom stereocenters. The predicted molar refractivity (Wildman–Crippen MR) is 110 cm³/mol. The first-order chi connectivity index (χ1) is 13.4. The molecule has 2 fully saturated rings. The van der Waals surface area contributed by atoms with Crippen molar-refractivity contribution in [2.45, 2.75) is 32.2 Å². The summed E-state index contributed by atoms with van der Waals surface area (Å²) in [7, 11) is 2.14. The number of piperazine rings is 1. The van der Waals surface area contributed by atoms with Gasteiger partial charge in [0.1, 0.15) is 0 Å². The molecule has 0 bridgehead atoms. The van der Waals surface area contributed by atoms with E-state index in [1.165, 1.54) is 0 Å². The molecule has 7 nitrogen and oxygen atoms in total. The van der Waals surface area contributed by atoms with Gasteiger partial charge in [0.05, 0.1) is 0 Å². The van der Waals surface area contributed by atoms with Crippen molar-refractivity contribution in [2.24, 2.45) is 5.92 Å². The summed E-state index contributed by atoms with van der Waals surface area (Å²) in [6.07, 6.45) is 1.66. The largest absolute Gasteiger partial charge is 0.481 e. The van der Waals surface area contributed by atoms with Gasteiger partial charge in [-0.05, 0) is 44.4 Å². The minimum absolute atomic E-state index is 0.0912. The number of likely N-dealkylation sites (N-methyl/N-ethyl adjacent to an activating group) is 1. The van der Waals surface area contributed by atoms with Crippen LogP contribution in [0.4, 0.5) is 10.5 Å². The van der Waals surface area contributed by atoms with E-state index in [1.807, 2.05) is 36.1 Å². The van der Waals surface area contributed by atoms with E-state index in [-0.39, 0.29) is 18.4 Å². The maximum atomic E-state index is 12.8. The average molecular weight is 389 g/mol. The van der Waals surface area contributed by atoms with Crippen molar-refractivity contribution in [2.75, 3.05) is 51.6 Å². The standard InChI is InChI=1S/C21H32N4O3/c1-16-5-3-4-6-18(16)22-21(28)25-10-9-19(17(15-25)7-8-20(26)27)24-13-11-23(2)12-14-24/h3-6,17,19H,7-15H2,1-2H3,(H,22,28)(H,26,27)/t17-,19+/m0/s1. The van der Waals surface area contributed by atoms with Crippen molar-refractivity contribution in [1.29, 1.82) is 0 Å². The summed E-state index contributed by atoms with van der Waals surface area (Å²) >= 11 is 0. The Kier molecular flexibility index (Phi) is 6.91. The fourth-order valence-electron chi connectivity index (χ4n) is 4.34. The van der Waals surface area contributed by atoms with E-state index >= 15 is 0 Å². The third-order valence-corrected chi connectivity index (χ3v) is 6.10. The number of aryl methyl sites for hydroxylation is 1. The summed E-state index contributed by atoms with van der Waals surface area (Å²) < 4.78 is 0. The molecular weight excluding hydrogens is 356 g/mol. The third kappa shape index (κ3) is 5.23. The zero-order valence-corrected chi connectivity index (χ0v) is 16.9. The van der Waals surface area contributed by atoms with Crippen LogP contribution in [0.5, 0.6) is 0 Å². The van der Waals surface area contributed by atoms with Gasteiger partial charge in [-0.2, -0.15) is 0 Å². The molecule has 0 saturated carbocycles. The summed E-state index contributed by atoms with van der Waals surface area (Å²) in [6.45, 7) is 7.41. The number of hydrogen-bond acceptors (Lipinski definition) is 4. The SMILES string of the molecule is Cc1ccccc1NC(=O)N1CC[C@@H](N2CCN(C)CC2)[C@@H](CCC(=O)O)C1. The molecule has 3 rings (SSSR count). The van der Waals surface area contributed by atoms with Crippen LogP contribution in [-0.2, 0) is 4.79 Å². The zero-order chi connectivity index (χ0) is 20.1. The van der Waals surface area contributed by atoms with Gasteiger partial charge in [-0.1, -0.05) is 18.2 Å². The predicted octanol–water partition coefficient (Wildman–Crippen LogP) is 2.33. The number of rotatable bonds is 5. The minimum atomic E-state index is -0.765. The number of urea groups is 1. The second-order valence-corrected chi connectivity index (χ2v) is 8.08. The number of carboxylic acid groups (broad SMARTS) is 1. The molecule has 0 aromatic heterocycles. The lowest BCUT2D eigenvalue weighted by Gasteiger charge is -2.46. The summed E-state index contributed by atoms with van der Waals surface area (Å²) in [5.41, 5.74) is 1.86. The third-order valence-electron chi connectivity index (χ3n) is 6.10. The summed E-state index contributed by atoms with van der Waals surface area (Å²) in [4.78, 5) is 30.6. The topological polar surface area (TPSA) is 76.1 Å². The molecular formula is C21H32N4O3. The zero-order valence-electron chi connectivity index (χ0n) is 16.9. The van der Waals surface area contributed by atoms with Crippen LogP contribution in [0.2, 0.25) is 0 Å². The molecule has 2 N–H and O–H groups in total. The van der Waals surface area contributed by atoms with Crippen LogP contribution in [0, 0.1) is 12.8 Å². The van der Waals surface area contributed by atoms with Gasteiger partial charge in [-0.25, -0.2) is 4.79 Å². The first-order valence-corrected chi connectivity index (χ1v) is 10.2. The number of nitrogens with one attached hydrogen (secondary N) is 1. The van der Waals surface area contributed by atoms with E-state index in [4.69, 9.17) is 5.11 Å². The molecule has 1 aromatic rings. The molecule has 0 radical (unpaired) electrons. The van der Waals surface area contributed by atoms with E-state index in [0.29, 0.717) is 25.6 Å². The van der Waals surface area contributed by atoms with Gasteiger partial charge >= 0.3 is 12.0 Å². The molecule has 2 aliphatic rings. The number of piperidine rings is 1. The molecule has 7 heteroatoms. The normalized spacial score (nSPS) is 24.1. The summed E-state index contributed by atoms with van der Waals surface area (Å²) in [6, 6.07) is 8.02. The monoisotopic (exact) mass is 388 g/mol. The first kappa shape index (κ1) is 20.6. The molecule has 0 spiro atoms. The van der Waals surface area contributed by atoms with E-state index in [9.17, 15) is 9.59 Å². The minimum Gasteiger partial charge on any atom is -0.481 e. The number of carbonyl (C=O) groups excluding carboxylic acids is 1. The highest BCUT2D eigenvalue weighted by Crippen LogP contribution is 2.28. The molecule has 154 valence electrons. The number of aliphatic carboxylic acids is 1. The maximum absolute atomic E-state index is 12.8. The van der Waals surface area contributed by atoms with Crippen molar-refractivity contribution < 1.29 is 14.7 Å². The average Bonchev–Trinajstić information content (AvgIpc) is 2.68. The molecule has 2 aliphatic heterocycles. The molecule has 2 atom stereocenters. The number of benzene rings is 1. The Labute approximate surface area is 167 Å². The highest BCUT2D eigenvalue weighted by atomic mass is 16.4. The van der Waals surface area contributed by atoms with Crippen molar-refractivity contribution >= 4 is 17.7 Å². The van der Waals surface area contributed by atoms with Gasteiger partial charge in [-0.3, -0.25) is 9.69 Å². The number of para-hydroxylation sites is 1. The number of hydrogen-bond donors (Lipinski definition) is 2. The second kappa shape index (κ2) is 9.39. The molecule has 2 saturated heterocycles. The van der Waals surface area contributed by atoms with Crippen LogP contribution in [0.15, 0.2) is 24.3 Å². The number of likely N-dealkylation sites (tertiary alicyclic amines) is 1. The molecule has 2 amide bonds. The Morgan fingerprint density at radius 1 is 1.14 bits per heavy atom. The Bertz CT molecular complexity index is 688. The molecule has 0 aliphatic carbocycles. The van der Waals surface area contributed by atoms with Gasteiger partial charge in [0.25, 0.3) is 0 Å². The number of carbonyl (C=O) groups is 2. The van der Waals surface area contributed by atoms with Gasteiger partial charge in [0, 0.05) is 57.4 Å². The number of nitrogens with zero attached hydrogens (tertiary/aromatic N) is 3.